The molecule has 0 bridgehead atoms. The van der Waals surface area contributed by atoms with Crippen LogP contribution in [0.5, 0.6) is 0 Å². The van der Waals surface area contributed by atoms with Crippen LogP contribution in [-0.4, -0.2) is 12.0 Å². The summed E-state index contributed by atoms with van der Waals surface area (Å²) in [6, 6.07) is 0. The second kappa shape index (κ2) is 3.15. The average Bonchev–Trinajstić information content (AvgIpc) is 1.92. The smallest absolute Gasteiger partial charge is 0.170 e. The third kappa shape index (κ3) is 1.85. The van der Waals surface area contributed by atoms with Crippen LogP contribution in [0.1, 0.15) is 40.0 Å². The molecule has 0 aromatic heterocycles. The first-order valence-electron chi connectivity index (χ1n) is 4.60. The van der Waals surface area contributed by atoms with Crippen molar-refractivity contribution >= 4 is 5.78 Å². The predicted molar refractivity (Wildman–Crippen MR) is 46.7 cm³/mol. The summed E-state index contributed by atoms with van der Waals surface area (Å²) >= 11 is 0. The van der Waals surface area contributed by atoms with Gasteiger partial charge in [0, 0.05) is 5.92 Å². The van der Waals surface area contributed by atoms with Gasteiger partial charge in [-0.3, -0.25) is 4.79 Å². The molecule has 0 heterocycles. The van der Waals surface area contributed by atoms with Crippen LogP contribution >= 0.6 is 0 Å². The zero-order valence-electron chi connectivity index (χ0n) is 8.06. The number of halogens is 1. The van der Waals surface area contributed by atoms with E-state index in [-0.39, 0.29) is 17.1 Å². The zero-order chi connectivity index (χ0) is 9.35. The lowest BCUT2D eigenvalue weighted by Crippen LogP contribution is -2.37. The highest BCUT2D eigenvalue weighted by molar-refractivity contribution is 5.86. The van der Waals surface area contributed by atoms with Crippen molar-refractivity contribution in [3.63, 3.8) is 0 Å². The topological polar surface area (TPSA) is 17.1 Å². The number of Topliss-reactive ketones (excluding diaryl/α,β-unsaturated/α-hetero) is 1. The molecule has 0 N–H and O–H groups in total. The molecule has 1 saturated carbocycles. The Morgan fingerprint density at radius 1 is 1.33 bits per heavy atom. The van der Waals surface area contributed by atoms with Gasteiger partial charge >= 0.3 is 0 Å². The lowest BCUT2D eigenvalue weighted by molar-refractivity contribution is -0.134. The maximum atomic E-state index is 13.0. The fourth-order valence-electron chi connectivity index (χ4n) is 1.86. The number of hydrogen-bond donors (Lipinski definition) is 0. The van der Waals surface area contributed by atoms with Crippen molar-refractivity contribution in [2.45, 2.75) is 46.2 Å². The molecule has 2 heteroatoms. The highest BCUT2D eigenvalue weighted by atomic mass is 19.1. The van der Waals surface area contributed by atoms with Gasteiger partial charge in [-0.25, -0.2) is 4.39 Å². The van der Waals surface area contributed by atoms with Gasteiger partial charge in [-0.2, -0.15) is 0 Å². The summed E-state index contributed by atoms with van der Waals surface area (Å²) < 4.78 is 13.0. The SMILES string of the molecule is CC(C)(C)[C@H]1CCC[C@@H](F)C1=O. The second-order valence-corrected chi connectivity index (χ2v) is 4.72. The molecule has 0 unspecified atom stereocenters. The average molecular weight is 172 g/mol. The van der Waals surface area contributed by atoms with Crippen LogP contribution in [0.2, 0.25) is 0 Å². The Balaban J connectivity index is 2.71. The van der Waals surface area contributed by atoms with Crippen molar-refractivity contribution in [1.29, 1.82) is 0 Å². The normalized spacial score (nSPS) is 32.2. The molecule has 1 nitrogen and oxygen atoms in total. The predicted octanol–water partition coefficient (Wildman–Crippen LogP) is 2.74. The minimum absolute atomic E-state index is 0.0676. The van der Waals surface area contributed by atoms with Gasteiger partial charge < -0.3 is 0 Å². The lowest BCUT2D eigenvalue weighted by atomic mass is 9.71. The first-order valence-corrected chi connectivity index (χ1v) is 4.60. The van der Waals surface area contributed by atoms with E-state index in [0.717, 1.165) is 12.8 Å². The van der Waals surface area contributed by atoms with Gasteiger partial charge in [0.1, 0.15) is 0 Å². The van der Waals surface area contributed by atoms with Crippen LogP contribution in [0.3, 0.4) is 0 Å². The monoisotopic (exact) mass is 172 g/mol. The van der Waals surface area contributed by atoms with E-state index >= 15 is 0 Å². The maximum Gasteiger partial charge on any atom is 0.170 e. The van der Waals surface area contributed by atoms with Crippen molar-refractivity contribution < 1.29 is 9.18 Å². The summed E-state index contributed by atoms with van der Waals surface area (Å²) in [6.07, 6.45) is 0.964. The summed E-state index contributed by atoms with van der Waals surface area (Å²) in [5, 5.41) is 0. The second-order valence-electron chi connectivity index (χ2n) is 4.72. The van der Waals surface area contributed by atoms with Crippen LogP contribution in [0, 0.1) is 11.3 Å². The number of carbonyl (C=O) groups is 1. The van der Waals surface area contributed by atoms with Gasteiger partial charge in [-0.05, 0) is 24.7 Å². The largest absolute Gasteiger partial charge is 0.296 e. The van der Waals surface area contributed by atoms with Gasteiger partial charge in [0.25, 0.3) is 0 Å². The summed E-state index contributed by atoms with van der Waals surface area (Å²) in [6.45, 7) is 6.02. The van der Waals surface area contributed by atoms with Crippen molar-refractivity contribution in [2.75, 3.05) is 0 Å². The van der Waals surface area contributed by atoms with Crippen molar-refractivity contribution in [2.24, 2.45) is 11.3 Å². The molecule has 1 rings (SSSR count). The molecule has 12 heavy (non-hydrogen) atoms. The Kier molecular flexibility index (Phi) is 2.55. The molecule has 1 aliphatic carbocycles. The van der Waals surface area contributed by atoms with Crippen LogP contribution in [0.4, 0.5) is 4.39 Å². The molecule has 2 atom stereocenters. The minimum Gasteiger partial charge on any atom is -0.296 e. The molecule has 0 aromatic carbocycles. The van der Waals surface area contributed by atoms with E-state index in [0.29, 0.717) is 6.42 Å². The van der Waals surface area contributed by atoms with E-state index in [9.17, 15) is 9.18 Å². The molecule has 0 aliphatic heterocycles. The standard InChI is InChI=1S/C10H17FO/c1-10(2,3)7-5-4-6-8(11)9(7)12/h7-8H,4-6H2,1-3H3/t7-,8+/m0/s1. The Labute approximate surface area is 73.3 Å². The third-order valence-corrected chi connectivity index (χ3v) is 2.65. The van der Waals surface area contributed by atoms with Crippen LogP contribution in [0.25, 0.3) is 0 Å². The number of carbonyl (C=O) groups excluding carboxylic acids is 1. The fraction of sp³-hybridized carbons (Fsp3) is 0.900. The molecule has 0 radical (unpaired) electrons. The zero-order valence-corrected chi connectivity index (χ0v) is 8.06. The molecule has 1 aliphatic rings. The van der Waals surface area contributed by atoms with E-state index in [4.69, 9.17) is 0 Å². The van der Waals surface area contributed by atoms with Gasteiger partial charge in [0.05, 0.1) is 0 Å². The minimum atomic E-state index is -1.19. The number of hydrogen-bond acceptors (Lipinski definition) is 1. The fourth-order valence-corrected chi connectivity index (χ4v) is 1.86. The highest BCUT2D eigenvalue weighted by Crippen LogP contribution is 2.36. The maximum absolute atomic E-state index is 13.0. The van der Waals surface area contributed by atoms with Crippen molar-refractivity contribution in [3.05, 3.63) is 0 Å². The Hall–Kier alpha value is -0.400. The van der Waals surface area contributed by atoms with Gasteiger partial charge in [-0.15, -0.1) is 0 Å². The molecule has 0 aromatic rings. The molecule has 0 amide bonds. The molecular weight excluding hydrogens is 155 g/mol. The Morgan fingerprint density at radius 2 is 1.92 bits per heavy atom. The molecular formula is C10H17FO. The van der Waals surface area contributed by atoms with E-state index < -0.39 is 6.17 Å². The molecule has 70 valence electrons. The molecule has 0 spiro atoms. The van der Waals surface area contributed by atoms with Gasteiger partial charge in [0.15, 0.2) is 12.0 Å². The molecule has 0 saturated heterocycles. The molecule has 1 fully saturated rings. The Bertz CT molecular complexity index is 181. The van der Waals surface area contributed by atoms with Gasteiger partial charge in [0.2, 0.25) is 0 Å². The summed E-state index contributed by atoms with van der Waals surface area (Å²) in [5.41, 5.74) is -0.0676. The van der Waals surface area contributed by atoms with E-state index in [2.05, 4.69) is 0 Å². The first-order chi connectivity index (χ1) is 5.43. The van der Waals surface area contributed by atoms with E-state index in [1.54, 1.807) is 0 Å². The van der Waals surface area contributed by atoms with Crippen LogP contribution in [0.15, 0.2) is 0 Å². The highest BCUT2D eigenvalue weighted by Gasteiger charge is 2.38. The quantitative estimate of drug-likeness (QED) is 0.549. The number of ketones is 1. The Morgan fingerprint density at radius 3 is 2.33 bits per heavy atom. The van der Waals surface area contributed by atoms with Crippen LogP contribution < -0.4 is 0 Å². The van der Waals surface area contributed by atoms with E-state index in [1.165, 1.54) is 0 Å². The summed E-state index contributed by atoms with van der Waals surface area (Å²) in [4.78, 5) is 11.4. The number of rotatable bonds is 0. The van der Waals surface area contributed by atoms with Crippen LogP contribution in [-0.2, 0) is 4.79 Å². The van der Waals surface area contributed by atoms with Crippen molar-refractivity contribution in [1.82, 2.24) is 0 Å². The number of alkyl halides is 1. The summed E-state index contributed by atoms with van der Waals surface area (Å²) in [7, 11) is 0. The lowest BCUT2D eigenvalue weighted by Gasteiger charge is -2.33. The summed E-state index contributed by atoms with van der Waals surface area (Å²) in [5.74, 6) is -0.241. The van der Waals surface area contributed by atoms with Crippen molar-refractivity contribution in [3.8, 4) is 0 Å². The first kappa shape index (κ1) is 9.69. The third-order valence-electron chi connectivity index (χ3n) is 2.65. The van der Waals surface area contributed by atoms with E-state index in [1.807, 2.05) is 20.8 Å². The van der Waals surface area contributed by atoms with Gasteiger partial charge in [-0.1, -0.05) is 20.8 Å².